The van der Waals surface area contributed by atoms with Gasteiger partial charge in [0.05, 0.1) is 22.9 Å². The molecule has 0 aliphatic heterocycles. The van der Waals surface area contributed by atoms with Crippen LogP contribution in [0.2, 0.25) is 0 Å². The average Bonchev–Trinajstić information content (AvgIpc) is 3.70. The Morgan fingerprint density at radius 2 is 1.19 bits per heavy atom. The number of nitrogens with zero attached hydrogens (tertiary/aromatic N) is 4. The summed E-state index contributed by atoms with van der Waals surface area (Å²) in [6.45, 7) is 1.40. The van der Waals surface area contributed by atoms with Crippen molar-refractivity contribution in [2.45, 2.75) is 11.3 Å². The maximum absolute atomic E-state index is 13.1. The van der Waals surface area contributed by atoms with Gasteiger partial charge in [-0.3, -0.25) is 19.2 Å². The standard InChI is InChI=1S/C32H39ClN8O5S/c1-38(2)13-6-12-34-30(43)26-15-23(19-39(26)3)36-32(45)28-17-24(20-41(28)5)37-31(44)27-16-22(18-40(27)4)35-29(42)21-7-9-25(10-8-21)47(46)14-11-33/h7-10,15-20H,6,11-14H2,1-5H3,(H,34,43)(H,35,42)(H,36,45)(H,37,44). The summed E-state index contributed by atoms with van der Waals surface area (Å²) in [6, 6.07) is 11.1. The molecule has 3 heterocycles. The molecular formula is C32H39ClN8O5S. The Bertz CT molecular complexity index is 1740. The highest BCUT2D eigenvalue weighted by molar-refractivity contribution is 7.91. The van der Waals surface area contributed by atoms with Crippen LogP contribution >= 0.6 is 11.6 Å². The lowest BCUT2D eigenvalue weighted by Gasteiger charge is -2.10. The molecule has 4 aromatic rings. The number of carbonyl (C=O) groups is 4. The number of halogens is 1. The number of hydrogen-bond acceptors (Lipinski definition) is 6. The molecule has 4 rings (SSSR count). The van der Waals surface area contributed by atoms with Crippen molar-refractivity contribution in [3.8, 4) is 0 Å². The number of nitrogens with one attached hydrogen (secondary N) is 4. The lowest BCUT2D eigenvalue weighted by atomic mass is 10.2. The summed E-state index contributed by atoms with van der Waals surface area (Å²) in [6.07, 6.45) is 5.70. The van der Waals surface area contributed by atoms with Crippen LogP contribution in [0.1, 0.15) is 48.2 Å². The second-order valence-electron chi connectivity index (χ2n) is 11.2. The maximum Gasteiger partial charge on any atom is 0.272 e. The van der Waals surface area contributed by atoms with Gasteiger partial charge in [-0.1, -0.05) is 0 Å². The molecule has 250 valence electrons. The van der Waals surface area contributed by atoms with Gasteiger partial charge >= 0.3 is 0 Å². The van der Waals surface area contributed by atoms with E-state index in [2.05, 4.69) is 21.3 Å². The molecule has 3 aromatic heterocycles. The van der Waals surface area contributed by atoms with E-state index < -0.39 is 23.0 Å². The summed E-state index contributed by atoms with van der Waals surface area (Å²) < 4.78 is 16.9. The number of rotatable bonds is 14. The highest BCUT2D eigenvalue weighted by atomic mass is 35.5. The van der Waals surface area contributed by atoms with E-state index in [1.165, 1.54) is 0 Å². The van der Waals surface area contributed by atoms with Gasteiger partial charge in [-0.2, -0.15) is 0 Å². The minimum absolute atomic E-state index is 0.231. The summed E-state index contributed by atoms with van der Waals surface area (Å²) in [5.41, 5.74) is 2.61. The highest BCUT2D eigenvalue weighted by Crippen LogP contribution is 2.21. The summed E-state index contributed by atoms with van der Waals surface area (Å²) in [4.78, 5) is 54.3. The van der Waals surface area contributed by atoms with Crippen molar-refractivity contribution in [1.29, 1.82) is 0 Å². The number of amides is 4. The molecule has 0 spiro atoms. The van der Waals surface area contributed by atoms with Crippen LogP contribution < -0.4 is 21.3 Å². The van der Waals surface area contributed by atoms with Crippen LogP contribution in [0.3, 0.4) is 0 Å². The van der Waals surface area contributed by atoms with E-state index in [9.17, 15) is 23.7 Å². The fourth-order valence-corrected chi connectivity index (χ4v) is 6.04. The first-order valence-electron chi connectivity index (χ1n) is 14.8. The van der Waals surface area contributed by atoms with Crippen molar-refractivity contribution in [1.82, 2.24) is 23.9 Å². The third-order valence-electron chi connectivity index (χ3n) is 7.20. The van der Waals surface area contributed by atoms with Crippen molar-refractivity contribution in [3.05, 3.63) is 83.7 Å². The first-order chi connectivity index (χ1) is 22.4. The summed E-state index contributed by atoms with van der Waals surface area (Å²) in [7, 11) is 9.03. The summed E-state index contributed by atoms with van der Waals surface area (Å²) in [5.74, 6) is -0.880. The van der Waals surface area contributed by atoms with Gasteiger partial charge in [0, 0.05) is 51.8 Å². The molecular weight excluding hydrogens is 644 g/mol. The number of anilines is 3. The van der Waals surface area contributed by atoms with Gasteiger partial charge in [0.15, 0.2) is 4.90 Å². The topological polar surface area (TPSA) is 157 Å². The molecule has 47 heavy (non-hydrogen) atoms. The molecule has 0 aliphatic rings. The van der Waals surface area contributed by atoms with Gasteiger partial charge in [-0.25, -0.2) is 0 Å². The Morgan fingerprint density at radius 1 is 0.745 bits per heavy atom. The average molecular weight is 683 g/mol. The molecule has 1 unspecified atom stereocenters. The largest absolute Gasteiger partial charge is 0.611 e. The van der Waals surface area contributed by atoms with Crippen molar-refractivity contribution >= 4 is 63.5 Å². The molecule has 1 atom stereocenters. The van der Waals surface area contributed by atoms with Gasteiger partial charge < -0.3 is 44.4 Å². The van der Waals surface area contributed by atoms with Gasteiger partial charge in [0.1, 0.15) is 22.8 Å². The number of carbonyl (C=O) groups excluding carboxylic acids is 4. The van der Waals surface area contributed by atoms with E-state index in [0.717, 1.165) is 13.0 Å². The lowest BCUT2D eigenvalue weighted by molar-refractivity contribution is 0.0942. The zero-order valence-electron chi connectivity index (χ0n) is 26.9. The quantitative estimate of drug-likeness (QED) is 0.0906. The van der Waals surface area contributed by atoms with Gasteiger partial charge in [-0.15, -0.1) is 11.6 Å². The fraction of sp³-hybridized carbons (Fsp3) is 0.312. The number of aryl methyl sites for hydroxylation is 3. The van der Waals surface area contributed by atoms with Crippen molar-refractivity contribution in [2.24, 2.45) is 21.1 Å². The zero-order chi connectivity index (χ0) is 34.2. The summed E-state index contributed by atoms with van der Waals surface area (Å²) in [5, 5.41) is 11.3. The Hall–Kier alpha value is -4.50. The van der Waals surface area contributed by atoms with E-state index in [1.54, 1.807) is 95.9 Å². The number of aromatic nitrogens is 3. The second-order valence-corrected chi connectivity index (χ2v) is 13.2. The molecule has 15 heteroatoms. The summed E-state index contributed by atoms with van der Waals surface area (Å²) >= 11 is 4.43. The Balaban J connectivity index is 1.35. The minimum atomic E-state index is -1.23. The van der Waals surface area contributed by atoms with Gasteiger partial charge in [0.2, 0.25) is 0 Å². The molecule has 0 fully saturated rings. The first kappa shape index (κ1) is 35.4. The van der Waals surface area contributed by atoms with E-state index in [1.807, 2.05) is 19.0 Å². The van der Waals surface area contributed by atoms with Crippen LogP contribution in [0.4, 0.5) is 17.1 Å². The second kappa shape index (κ2) is 15.9. The Labute approximate surface area is 281 Å². The van der Waals surface area contributed by atoms with E-state index in [0.29, 0.717) is 45.5 Å². The van der Waals surface area contributed by atoms with Gasteiger partial charge in [0.25, 0.3) is 23.6 Å². The van der Waals surface area contributed by atoms with Crippen LogP contribution in [0.25, 0.3) is 0 Å². The molecule has 0 saturated heterocycles. The molecule has 0 bridgehead atoms. The van der Waals surface area contributed by atoms with Crippen molar-refractivity contribution in [3.63, 3.8) is 0 Å². The minimum Gasteiger partial charge on any atom is -0.611 e. The smallest absolute Gasteiger partial charge is 0.272 e. The molecule has 13 nitrogen and oxygen atoms in total. The number of alkyl halides is 1. The molecule has 4 N–H and O–H groups in total. The van der Waals surface area contributed by atoms with E-state index >= 15 is 0 Å². The zero-order valence-corrected chi connectivity index (χ0v) is 28.5. The van der Waals surface area contributed by atoms with E-state index in [4.69, 9.17) is 11.6 Å². The van der Waals surface area contributed by atoms with Crippen molar-refractivity contribution in [2.75, 3.05) is 54.8 Å². The molecule has 0 radical (unpaired) electrons. The maximum atomic E-state index is 13.1. The lowest BCUT2D eigenvalue weighted by Crippen LogP contribution is -2.28. The molecule has 0 aliphatic carbocycles. The van der Waals surface area contributed by atoms with Crippen LogP contribution in [0, 0.1) is 0 Å². The van der Waals surface area contributed by atoms with Crippen LogP contribution in [-0.2, 0) is 32.3 Å². The normalized spacial score (nSPS) is 11.7. The first-order valence-corrected chi connectivity index (χ1v) is 16.6. The monoisotopic (exact) mass is 682 g/mol. The third kappa shape index (κ3) is 9.29. The van der Waals surface area contributed by atoms with Gasteiger partial charge in [-0.05, 0) is 80.7 Å². The van der Waals surface area contributed by atoms with E-state index in [-0.39, 0.29) is 29.1 Å². The molecule has 4 amide bonds. The number of hydrogen-bond donors (Lipinski definition) is 4. The fourth-order valence-electron chi connectivity index (χ4n) is 4.80. The van der Waals surface area contributed by atoms with Crippen LogP contribution in [-0.4, -0.2) is 85.6 Å². The Morgan fingerprint density at radius 3 is 1.64 bits per heavy atom. The molecule has 0 saturated carbocycles. The van der Waals surface area contributed by atoms with Crippen LogP contribution in [0.5, 0.6) is 0 Å². The predicted molar refractivity (Wildman–Crippen MR) is 184 cm³/mol. The number of benzene rings is 1. The van der Waals surface area contributed by atoms with Crippen LogP contribution in [0.15, 0.2) is 66.0 Å². The predicted octanol–water partition coefficient (Wildman–Crippen LogP) is 3.49. The molecule has 1 aromatic carbocycles. The highest BCUT2D eigenvalue weighted by Gasteiger charge is 2.19. The third-order valence-corrected chi connectivity index (χ3v) is 8.98. The van der Waals surface area contributed by atoms with Crippen molar-refractivity contribution < 1.29 is 23.7 Å². The Kier molecular flexibility index (Phi) is 11.9. The SMILES string of the molecule is CN(C)CCCNC(=O)c1cc(NC(=O)c2cc(NC(=O)c3cc(NC(=O)c4ccc([S+]([O-])CCCl)cc4)cn3C)cn2C)cn1C.